The molecule has 3 rings (SSSR count). The van der Waals surface area contributed by atoms with Crippen LogP contribution < -0.4 is 5.32 Å². The maximum Gasteiger partial charge on any atom is 0.257 e. The first kappa shape index (κ1) is 11.6. The molecule has 96 valence electrons. The van der Waals surface area contributed by atoms with Crippen molar-refractivity contribution in [2.45, 2.75) is 18.8 Å². The van der Waals surface area contributed by atoms with Crippen LogP contribution in [0.2, 0.25) is 0 Å². The van der Waals surface area contributed by atoms with Gasteiger partial charge in [-0.3, -0.25) is 19.7 Å². The molecule has 6 nitrogen and oxygen atoms in total. The van der Waals surface area contributed by atoms with Gasteiger partial charge in [0.1, 0.15) is 5.56 Å². The number of fused-ring (bicyclic) bond motifs is 1. The van der Waals surface area contributed by atoms with Crippen molar-refractivity contribution in [2.24, 2.45) is 0 Å². The number of amides is 2. The molecule has 0 bridgehead atoms. The number of nitrogens with one attached hydrogen (secondary N) is 1. The third kappa shape index (κ3) is 1.72. The number of ketones is 1. The second-order valence-electron chi connectivity index (χ2n) is 4.56. The Morgan fingerprint density at radius 2 is 2.05 bits per heavy atom. The van der Waals surface area contributed by atoms with Gasteiger partial charge < -0.3 is 5.21 Å². The summed E-state index contributed by atoms with van der Waals surface area (Å²) in [5.74, 6) is -1.68. The lowest BCUT2D eigenvalue weighted by Gasteiger charge is -2.22. The van der Waals surface area contributed by atoms with Crippen LogP contribution in [0.4, 0.5) is 5.69 Å². The van der Waals surface area contributed by atoms with Crippen LogP contribution >= 0.6 is 0 Å². The molecule has 2 aliphatic rings. The Morgan fingerprint density at radius 1 is 1.26 bits per heavy atom. The number of rotatable bonds is 1. The van der Waals surface area contributed by atoms with Gasteiger partial charge in [-0.25, -0.2) is 0 Å². The largest absolute Gasteiger partial charge is 0.618 e. The van der Waals surface area contributed by atoms with Crippen LogP contribution in [0.5, 0.6) is 0 Å². The molecule has 1 aromatic rings. The third-order valence-corrected chi connectivity index (χ3v) is 3.41. The second kappa shape index (κ2) is 4.01. The lowest BCUT2D eigenvalue weighted by atomic mass is 9.86. The van der Waals surface area contributed by atoms with E-state index in [1.54, 1.807) is 18.2 Å². The zero-order chi connectivity index (χ0) is 13.6. The molecule has 1 unspecified atom stereocenters. The van der Waals surface area contributed by atoms with Gasteiger partial charge >= 0.3 is 0 Å². The molecule has 0 aliphatic carbocycles. The van der Waals surface area contributed by atoms with Gasteiger partial charge in [-0.05, 0) is 12.0 Å². The number of benzene rings is 1. The molecule has 1 N–H and O–H groups in total. The van der Waals surface area contributed by atoms with Gasteiger partial charge in [0.15, 0.2) is 0 Å². The summed E-state index contributed by atoms with van der Waals surface area (Å²) < 4.78 is 0.507. The minimum Gasteiger partial charge on any atom is -0.618 e. The maximum atomic E-state index is 11.8. The zero-order valence-corrected chi connectivity index (χ0v) is 9.88. The number of nitrogens with zero attached hydrogens (tertiary/aromatic N) is 1. The Kier molecular flexibility index (Phi) is 2.45. The Labute approximate surface area is 108 Å². The Morgan fingerprint density at radius 3 is 2.79 bits per heavy atom. The summed E-state index contributed by atoms with van der Waals surface area (Å²) in [6.45, 7) is 0. The van der Waals surface area contributed by atoms with E-state index in [0.717, 1.165) is 6.21 Å². The van der Waals surface area contributed by atoms with E-state index in [9.17, 15) is 19.6 Å². The molecule has 6 heteroatoms. The van der Waals surface area contributed by atoms with E-state index in [4.69, 9.17) is 0 Å². The van der Waals surface area contributed by atoms with Crippen molar-refractivity contribution in [2.75, 3.05) is 0 Å². The summed E-state index contributed by atoms with van der Waals surface area (Å²) in [5.41, 5.74) is 1.04. The summed E-state index contributed by atoms with van der Waals surface area (Å²) >= 11 is 0. The Bertz CT molecular complexity index is 648. The summed E-state index contributed by atoms with van der Waals surface area (Å²) in [4.78, 5) is 34.8. The molecule has 0 spiro atoms. The molecule has 1 fully saturated rings. The van der Waals surface area contributed by atoms with Gasteiger partial charge in [-0.2, -0.15) is 4.74 Å². The first-order valence-corrected chi connectivity index (χ1v) is 5.90. The second-order valence-corrected chi connectivity index (χ2v) is 4.56. The van der Waals surface area contributed by atoms with Crippen LogP contribution in [-0.2, 0) is 9.59 Å². The van der Waals surface area contributed by atoms with Crippen molar-refractivity contribution < 1.29 is 19.1 Å². The molecule has 0 aromatic heterocycles. The van der Waals surface area contributed by atoms with Crippen LogP contribution in [0.3, 0.4) is 0 Å². The molecular weight excluding hydrogens is 248 g/mol. The Balaban J connectivity index is 2.07. The first-order valence-electron chi connectivity index (χ1n) is 5.90. The molecule has 1 atom stereocenters. The van der Waals surface area contributed by atoms with Crippen molar-refractivity contribution in [1.29, 1.82) is 0 Å². The normalized spacial score (nSPS) is 22.0. The molecule has 0 saturated carbocycles. The fourth-order valence-corrected chi connectivity index (χ4v) is 2.53. The van der Waals surface area contributed by atoms with Gasteiger partial charge in [0.25, 0.3) is 5.78 Å². The number of hydrogen-bond acceptors (Lipinski definition) is 4. The highest BCUT2D eigenvalue weighted by Crippen LogP contribution is 2.34. The van der Waals surface area contributed by atoms with Crippen LogP contribution in [0, 0.1) is 5.21 Å². The number of carbonyl (C=O) groups excluding carboxylic acids is 3. The van der Waals surface area contributed by atoms with E-state index < -0.39 is 17.6 Å². The van der Waals surface area contributed by atoms with Crippen molar-refractivity contribution in [3.63, 3.8) is 0 Å². The highest BCUT2D eigenvalue weighted by molar-refractivity contribution is 6.37. The number of imide groups is 1. The first-order chi connectivity index (χ1) is 9.08. The van der Waals surface area contributed by atoms with Gasteiger partial charge in [0.05, 0.1) is 5.92 Å². The van der Waals surface area contributed by atoms with Crippen LogP contribution in [-0.4, -0.2) is 28.6 Å². The molecule has 1 aromatic carbocycles. The number of hydrogen-bond donors (Lipinski definition) is 1. The zero-order valence-electron chi connectivity index (χ0n) is 9.88. The van der Waals surface area contributed by atoms with Crippen LogP contribution in [0.1, 0.15) is 34.7 Å². The van der Waals surface area contributed by atoms with E-state index in [1.807, 2.05) is 0 Å². The average molecular weight is 258 g/mol. The molecule has 2 amide bonds. The number of Topliss-reactive ketones (excluding diaryl/α,β-unsaturated/α-hetero) is 1. The van der Waals surface area contributed by atoms with Crippen molar-refractivity contribution in [3.8, 4) is 0 Å². The van der Waals surface area contributed by atoms with Gasteiger partial charge in [0, 0.05) is 12.5 Å². The van der Waals surface area contributed by atoms with Crippen molar-refractivity contribution in [1.82, 2.24) is 5.32 Å². The number of piperidine rings is 1. The molecule has 0 radical (unpaired) electrons. The lowest BCUT2D eigenvalue weighted by molar-refractivity contribution is -0.350. The predicted molar refractivity (Wildman–Crippen MR) is 65.2 cm³/mol. The molecular formula is C13H10N2O4. The summed E-state index contributed by atoms with van der Waals surface area (Å²) in [5, 5.41) is 13.8. The lowest BCUT2D eigenvalue weighted by Crippen LogP contribution is -2.39. The monoisotopic (exact) mass is 258 g/mol. The quantitative estimate of drug-likeness (QED) is 0.454. The average Bonchev–Trinajstić information content (AvgIpc) is 2.65. The predicted octanol–water partition coefficient (Wildman–Crippen LogP) is 0.616. The maximum absolute atomic E-state index is 11.8. The van der Waals surface area contributed by atoms with Crippen LogP contribution in [0.15, 0.2) is 18.2 Å². The SMILES string of the molecule is O=C1CCC(c2cccc3c2C(=O)C=[N+]3[O-])C(=O)N1. The summed E-state index contributed by atoms with van der Waals surface area (Å²) in [6, 6.07) is 4.83. The van der Waals surface area contributed by atoms with E-state index in [0.29, 0.717) is 16.7 Å². The van der Waals surface area contributed by atoms with Crippen molar-refractivity contribution in [3.05, 3.63) is 34.5 Å². The van der Waals surface area contributed by atoms with Gasteiger partial charge in [-0.15, -0.1) is 0 Å². The van der Waals surface area contributed by atoms with E-state index in [1.165, 1.54) is 0 Å². The van der Waals surface area contributed by atoms with Gasteiger partial charge in [0.2, 0.25) is 23.7 Å². The van der Waals surface area contributed by atoms with E-state index >= 15 is 0 Å². The minimum absolute atomic E-state index is 0.235. The van der Waals surface area contributed by atoms with E-state index in [-0.39, 0.29) is 23.6 Å². The fraction of sp³-hybridized carbons (Fsp3) is 0.231. The standard InChI is InChI=1S/C13H10N2O4/c16-10-6-15(19)9-3-1-2-7(12(9)10)8-4-5-11(17)14-13(8)18/h1-3,6,8H,4-5H2,(H,14,17,18). The molecule has 19 heavy (non-hydrogen) atoms. The molecule has 2 heterocycles. The van der Waals surface area contributed by atoms with E-state index in [2.05, 4.69) is 5.32 Å². The Hall–Kier alpha value is -2.50. The highest BCUT2D eigenvalue weighted by atomic mass is 16.5. The smallest absolute Gasteiger partial charge is 0.257 e. The fourth-order valence-electron chi connectivity index (χ4n) is 2.53. The molecule has 2 aliphatic heterocycles. The topological polar surface area (TPSA) is 89.3 Å². The summed E-state index contributed by atoms with van der Waals surface area (Å²) in [6.07, 6.45) is 1.55. The van der Waals surface area contributed by atoms with Crippen LogP contribution in [0.25, 0.3) is 0 Å². The minimum atomic E-state index is -0.559. The van der Waals surface area contributed by atoms with Gasteiger partial charge in [-0.1, -0.05) is 12.1 Å². The third-order valence-electron chi connectivity index (χ3n) is 3.41. The van der Waals surface area contributed by atoms with Crippen molar-refractivity contribution >= 4 is 29.5 Å². The highest BCUT2D eigenvalue weighted by Gasteiger charge is 2.36. The summed E-state index contributed by atoms with van der Waals surface area (Å²) in [7, 11) is 0. The molecule has 1 saturated heterocycles. The number of carbonyl (C=O) groups is 3.